The molecule has 0 aliphatic heterocycles. The molecule has 0 bridgehead atoms. The first-order valence-corrected chi connectivity index (χ1v) is 12.1. The summed E-state index contributed by atoms with van der Waals surface area (Å²) < 4.78 is 31.0. The summed E-state index contributed by atoms with van der Waals surface area (Å²) in [5, 5.41) is 5.23. The molecule has 1 heterocycles. The molecule has 1 aromatic heterocycles. The minimum Gasteiger partial charge on any atom is -0.383 e. The predicted octanol–water partition coefficient (Wildman–Crippen LogP) is 2.61. The monoisotopic (exact) mass is 451 g/mol. The Morgan fingerprint density at radius 1 is 1.24 bits per heavy atom. The number of carbonyl (C=O) groups is 1. The van der Waals surface area contributed by atoms with Crippen LogP contribution in [0.15, 0.2) is 63.3 Å². The van der Waals surface area contributed by atoms with Gasteiger partial charge < -0.3 is 9.30 Å². The summed E-state index contributed by atoms with van der Waals surface area (Å²) in [4.78, 5) is 18.3. The fourth-order valence-corrected chi connectivity index (χ4v) is 5.24. The number of rotatable bonds is 8. The van der Waals surface area contributed by atoms with Crippen molar-refractivity contribution in [1.82, 2.24) is 4.57 Å². The largest absolute Gasteiger partial charge is 0.383 e. The van der Waals surface area contributed by atoms with Crippen LogP contribution in [0.4, 0.5) is 0 Å². The van der Waals surface area contributed by atoms with Gasteiger partial charge in [-0.1, -0.05) is 29.5 Å². The molecule has 0 aliphatic rings. The topological polar surface area (TPSA) is 104 Å². The van der Waals surface area contributed by atoms with E-state index in [1.807, 2.05) is 34.9 Å². The summed E-state index contributed by atoms with van der Waals surface area (Å²) in [6.07, 6.45) is 0.306. The van der Waals surface area contributed by atoms with E-state index in [1.54, 1.807) is 24.9 Å². The van der Waals surface area contributed by atoms with Crippen molar-refractivity contribution in [2.24, 2.45) is 10.1 Å². The van der Waals surface area contributed by atoms with E-state index in [0.29, 0.717) is 34.8 Å². The van der Waals surface area contributed by atoms with Gasteiger partial charge in [0.05, 0.1) is 21.7 Å². The van der Waals surface area contributed by atoms with Crippen LogP contribution in [0.25, 0.3) is 10.2 Å². The van der Waals surface area contributed by atoms with E-state index in [1.165, 1.54) is 23.5 Å². The summed E-state index contributed by atoms with van der Waals surface area (Å²) in [5.41, 5.74) is 0.782. The number of hydrogen-bond acceptors (Lipinski definition) is 6. The number of ether oxygens (including phenoxy) is 1. The highest BCUT2D eigenvalue weighted by Crippen LogP contribution is 2.22. The van der Waals surface area contributed by atoms with E-state index >= 15 is 0 Å². The van der Waals surface area contributed by atoms with Gasteiger partial charge in [0.25, 0.3) is 0 Å². The van der Waals surface area contributed by atoms with E-state index in [2.05, 4.69) is 4.99 Å². The van der Waals surface area contributed by atoms with Crippen LogP contribution in [0.1, 0.15) is 6.42 Å². The third kappa shape index (κ3) is 5.77. The van der Waals surface area contributed by atoms with Crippen molar-refractivity contribution in [1.29, 1.82) is 0 Å². The standard InChI is InChI=1S/C19H21N3O4S3/c1-26-11-10-22-16-8-7-15(29(20,24)25)13-17(16)28-19(22)21-18(23)9-12-27-14-5-3-2-4-6-14/h2-8,13H,9-12H2,1H3,(H2,20,24,25). The van der Waals surface area contributed by atoms with Gasteiger partial charge in [-0.15, -0.1) is 11.8 Å². The molecule has 0 saturated carbocycles. The molecule has 29 heavy (non-hydrogen) atoms. The number of nitrogens with zero attached hydrogens (tertiary/aromatic N) is 2. The Balaban J connectivity index is 1.86. The number of methoxy groups -OCH3 is 1. The van der Waals surface area contributed by atoms with Gasteiger partial charge in [-0.2, -0.15) is 4.99 Å². The number of carbonyl (C=O) groups excluding carboxylic acids is 1. The Bertz CT molecular complexity index is 1170. The number of thiazole rings is 1. The van der Waals surface area contributed by atoms with Gasteiger partial charge in [0, 0.05) is 30.7 Å². The van der Waals surface area contributed by atoms with Gasteiger partial charge >= 0.3 is 0 Å². The number of nitrogens with two attached hydrogens (primary N) is 1. The fraction of sp³-hybridized carbons (Fsp3) is 0.263. The van der Waals surface area contributed by atoms with Crippen molar-refractivity contribution in [2.45, 2.75) is 22.8 Å². The fourth-order valence-electron chi connectivity index (χ4n) is 2.65. The zero-order valence-electron chi connectivity index (χ0n) is 15.8. The van der Waals surface area contributed by atoms with Crippen molar-refractivity contribution in [3.05, 3.63) is 53.3 Å². The molecule has 0 aliphatic carbocycles. The normalized spacial score (nSPS) is 12.6. The minimum atomic E-state index is -3.80. The quantitative estimate of drug-likeness (QED) is 0.530. The molecule has 1 amide bonds. The van der Waals surface area contributed by atoms with Crippen molar-refractivity contribution in [2.75, 3.05) is 19.5 Å². The molecule has 7 nitrogen and oxygen atoms in total. The third-order valence-electron chi connectivity index (χ3n) is 4.05. The molecule has 0 radical (unpaired) electrons. The molecule has 0 atom stereocenters. The number of fused-ring (bicyclic) bond motifs is 1. The molecule has 2 aromatic carbocycles. The van der Waals surface area contributed by atoms with Crippen LogP contribution in [0.3, 0.4) is 0 Å². The van der Waals surface area contributed by atoms with Crippen LogP contribution in [0.5, 0.6) is 0 Å². The molecule has 3 aromatic rings. The smallest absolute Gasteiger partial charge is 0.249 e. The molecular weight excluding hydrogens is 430 g/mol. The van der Waals surface area contributed by atoms with Crippen molar-refractivity contribution in [3.63, 3.8) is 0 Å². The van der Waals surface area contributed by atoms with E-state index in [-0.39, 0.29) is 10.8 Å². The molecule has 0 saturated heterocycles. The minimum absolute atomic E-state index is 0.0299. The number of benzene rings is 2. The molecule has 10 heteroatoms. The van der Waals surface area contributed by atoms with E-state index in [0.717, 1.165) is 10.4 Å². The van der Waals surface area contributed by atoms with Crippen LogP contribution < -0.4 is 9.94 Å². The molecule has 3 rings (SSSR count). The summed E-state index contributed by atoms with van der Waals surface area (Å²) in [5.74, 6) is 0.406. The maximum atomic E-state index is 12.4. The number of thioether (sulfide) groups is 1. The Labute approximate surface area is 177 Å². The Morgan fingerprint density at radius 3 is 2.69 bits per heavy atom. The van der Waals surface area contributed by atoms with Gasteiger partial charge in [-0.05, 0) is 30.3 Å². The molecule has 0 fully saturated rings. The van der Waals surface area contributed by atoms with Crippen LogP contribution >= 0.6 is 23.1 Å². The average Bonchev–Trinajstić information content (AvgIpc) is 3.02. The van der Waals surface area contributed by atoms with E-state index < -0.39 is 10.0 Å². The Hall–Kier alpha value is -1.98. The number of sulfonamides is 1. The Morgan fingerprint density at radius 2 is 2.00 bits per heavy atom. The van der Waals surface area contributed by atoms with Crippen molar-refractivity contribution in [3.8, 4) is 0 Å². The number of aromatic nitrogens is 1. The number of amides is 1. The first kappa shape index (κ1) is 21.7. The van der Waals surface area contributed by atoms with Crippen LogP contribution in [0.2, 0.25) is 0 Å². The van der Waals surface area contributed by atoms with Gasteiger partial charge in [-0.25, -0.2) is 13.6 Å². The lowest BCUT2D eigenvalue weighted by molar-refractivity contribution is -0.117. The lowest BCUT2D eigenvalue weighted by Gasteiger charge is -2.05. The van der Waals surface area contributed by atoms with E-state index in [4.69, 9.17) is 9.88 Å². The second-order valence-corrected chi connectivity index (χ2v) is 9.86. The van der Waals surface area contributed by atoms with Gasteiger partial charge in [-0.3, -0.25) is 4.79 Å². The second kappa shape index (κ2) is 9.68. The maximum Gasteiger partial charge on any atom is 0.249 e. The predicted molar refractivity (Wildman–Crippen MR) is 115 cm³/mol. The maximum absolute atomic E-state index is 12.4. The molecule has 0 unspecified atom stereocenters. The first-order valence-electron chi connectivity index (χ1n) is 8.79. The highest BCUT2D eigenvalue weighted by molar-refractivity contribution is 7.99. The summed E-state index contributed by atoms with van der Waals surface area (Å²) in [6.45, 7) is 0.935. The first-order chi connectivity index (χ1) is 13.9. The lowest BCUT2D eigenvalue weighted by atomic mass is 10.3. The van der Waals surface area contributed by atoms with Gasteiger partial charge in [0.2, 0.25) is 15.9 Å². The number of hydrogen-bond donors (Lipinski definition) is 1. The highest BCUT2D eigenvalue weighted by Gasteiger charge is 2.13. The summed E-state index contributed by atoms with van der Waals surface area (Å²) in [7, 11) is -2.21. The zero-order chi connectivity index (χ0) is 20.9. The van der Waals surface area contributed by atoms with E-state index in [9.17, 15) is 13.2 Å². The van der Waals surface area contributed by atoms with Gasteiger partial charge in [0.15, 0.2) is 4.80 Å². The SMILES string of the molecule is COCCn1c(=NC(=O)CCSc2ccccc2)sc2cc(S(N)(=O)=O)ccc21. The van der Waals surface area contributed by atoms with Crippen molar-refractivity contribution >= 4 is 49.2 Å². The van der Waals surface area contributed by atoms with Crippen molar-refractivity contribution < 1.29 is 17.9 Å². The van der Waals surface area contributed by atoms with Gasteiger partial charge in [0.1, 0.15) is 0 Å². The highest BCUT2D eigenvalue weighted by atomic mass is 32.2. The molecule has 0 spiro atoms. The summed E-state index contributed by atoms with van der Waals surface area (Å²) in [6, 6.07) is 14.5. The second-order valence-electron chi connectivity index (χ2n) is 6.12. The molecule has 154 valence electrons. The van der Waals surface area contributed by atoms with Crippen LogP contribution in [-0.4, -0.2) is 38.4 Å². The Kier molecular flexibility index (Phi) is 7.25. The average molecular weight is 452 g/mol. The molecular formula is C19H21N3O4S3. The third-order valence-corrected chi connectivity index (χ3v) is 7.02. The van der Waals surface area contributed by atoms with Crippen LogP contribution in [0, 0.1) is 0 Å². The van der Waals surface area contributed by atoms with Crippen LogP contribution in [-0.2, 0) is 26.1 Å². The number of primary sulfonamides is 1. The summed E-state index contributed by atoms with van der Waals surface area (Å²) >= 11 is 2.86. The molecule has 2 N–H and O–H groups in total. The lowest BCUT2D eigenvalue weighted by Crippen LogP contribution is -2.19. The zero-order valence-corrected chi connectivity index (χ0v) is 18.2.